The highest BCUT2D eigenvalue weighted by Crippen LogP contribution is 2.30. The highest BCUT2D eigenvalue weighted by atomic mass is 35.5. The highest BCUT2D eigenvalue weighted by molar-refractivity contribution is 7.90. The Morgan fingerprint density at radius 2 is 2.00 bits per heavy atom. The molecule has 1 aliphatic heterocycles. The van der Waals surface area contributed by atoms with Crippen LogP contribution in [0.5, 0.6) is 0 Å². The van der Waals surface area contributed by atoms with E-state index in [1.807, 2.05) is 0 Å². The number of hydrogen-bond acceptors (Lipinski definition) is 4. The third-order valence-corrected chi connectivity index (χ3v) is 4.64. The van der Waals surface area contributed by atoms with Crippen LogP contribution in [0.4, 0.5) is 0 Å². The quantitative estimate of drug-likeness (QED) is 0.819. The molecule has 1 aromatic rings. The first-order chi connectivity index (χ1) is 8.35. The molecule has 96 valence electrons. The van der Waals surface area contributed by atoms with E-state index >= 15 is 0 Å². The minimum atomic E-state index is -3.99. The van der Waals surface area contributed by atoms with Crippen molar-refractivity contribution in [2.24, 2.45) is 0 Å². The molecule has 1 amide bonds. The van der Waals surface area contributed by atoms with Crippen molar-refractivity contribution in [3.63, 3.8) is 0 Å². The summed E-state index contributed by atoms with van der Waals surface area (Å²) in [4.78, 5) is 22.4. The summed E-state index contributed by atoms with van der Waals surface area (Å²) in [6, 6.07) is 5.69. The van der Waals surface area contributed by atoms with Crippen LogP contribution >= 0.6 is 11.6 Å². The predicted octanol–water partition coefficient (Wildman–Crippen LogP) is 0.523. The van der Waals surface area contributed by atoms with Crippen molar-refractivity contribution < 1.29 is 23.1 Å². The lowest BCUT2D eigenvalue weighted by molar-refractivity contribution is -0.136. The van der Waals surface area contributed by atoms with Crippen LogP contribution in [0.15, 0.2) is 29.2 Å². The Balaban J connectivity index is 2.43. The predicted molar refractivity (Wildman–Crippen MR) is 61.9 cm³/mol. The fraction of sp³-hybridized carbons (Fsp3) is 0.200. The number of aliphatic carboxylic acids is 1. The molecule has 0 aliphatic carbocycles. The molecule has 1 N–H and O–H groups in total. The van der Waals surface area contributed by atoms with Crippen LogP contribution in [0.25, 0.3) is 0 Å². The summed E-state index contributed by atoms with van der Waals surface area (Å²) in [6.07, 6.45) is 0. The van der Waals surface area contributed by atoms with E-state index in [0.717, 1.165) is 0 Å². The van der Waals surface area contributed by atoms with Gasteiger partial charge in [-0.15, -0.1) is 11.6 Å². The molecule has 6 nitrogen and oxygen atoms in total. The van der Waals surface area contributed by atoms with Crippen molar-refractivity contribution in [2.45, 2.75) is 10.3 Å². The molecule has 0 spiro atoms. The van der Waals surface area contributed by atoms with Gasteiger partial charge in [-0.1, -0.05) is 12.1 Å². The van der Waals surface area contributed by atoms with Crippen molar-refractivity contribution in [3.8, 4) is 0 Å². The number of carbonyl (C=O) groups is 2. The Morgan fingerprint density at radius 3 is 2.56 bits per heavy atom. The van der Waals surface area contributed by atoms with Gasteiger partial charge in [-0.05, 0) is 12.1 Å². The Bertz CT molecular complexity index is 627. The van der Waals surface area contributed by atoms with Crippen molar-refractivity contribution in [1.82, 2.24) is 4.31 Å². The second-order valence-electron chi connectivity index (χ2n) is 3.64. The molecular formula is C10H8ClNO5S. The molecule has 18 heavy (non-hydrogen) atoms. The molecule has 1 heterocycles. The minimum absolute atomic E-state index is 0.0340. The number of rotatable bonds is 3. The van der Waals surface area contributed by atoms with Gasteiger partial charge < -0.3 is 5.11 Å². The average molecular weight is 290 g/mol. The molecule has 0 aromatic heterocycles. The third kappa shape index (κ3) is 1.85. The summed E-state index contributed by atoms with van der Waals surface area (Å²) in [6.45, 7) is -0.591. The third-order valence-electron chi connectivity index (χ3n) is 2.51. The summed E-state index contributed by atoms with van der Waals surface area (Å²) in [7, 11) is -3.99. The zero-order valence-corrected chi connectivity index (χ0v) is 10.5. The van der Waals surface area contributed by atoms with E-state index in [4.69, 9.17) is 16.7 Å². The van der Waals surface area contributed by atoms with E-state index in [1.165, 1.54) is 24.3 Å². The number of amides is 1. The summed E-state index contributed by atoms with van der Waals surface area (Å²) in [5.41, 5.74) is 0.0340. The van der Waals surface area contributed by atoms with Crippen LogP contribution in [0.2, 0.25) is 0 Å². The number of sulfonamides is 1. The molecular weight excluding hydrogens is 282 g/mol. The first kappa shape index (κ1) is 12.8. The van der Waals surface area contributed by atoms with Gasteiger partial charge >= 0.3 is 5.97 Å². The van der Waals surface area contributed by atoms with E-state index in [9.17, 15) is 18.0 Å². The molecule has 0 fully saturated rings. The number of carbonyl (C=O) groups excluding carboxylic acids is 1. The van der Waals surface area contributed by atoms with Gasteiger partial charge in [0.1, 0.15) is 10.3 Å². The van der Waals surface area contributed by atoms with Crippen molar-refractivity contribution in [1.29, 1.82) is 0 Å². The monoisotopic (exact) mass is 289 g/mol. The first-order valence-electron chi connectivity index (χ1n) is 4.88. The minimum Gasteiger partial charge on any atom is -0.480 e. The van der Waals surface area contributed by atoms with Gasteiger partial charge in [0, 0.05) is 0 Å². The molecule has 0 saturated heterocycles. The number of carboxylic acid groups (broad SMARTS) is 1. The standard InChI is InChI=1S/C10H8ClNO5S/c11-7(10(14)15)5-12-9(13)6-3-1-2-4-8(6)18(12,16)17/h1-4,7H,5H2,(H,14,15). The van der Waals surface area contributed by atoms with Crippen LogP contribution in [0.3, 0.4) is 0 Å². The van der Waals surface area contributed by atoms with Gasteiger partial charge in [0.15, 0.2) is 0 Å². The number of alkyl halides is 1. The Labute approximate surface area is 108 Å². The van der Waals surface area contributed by atoms with Gasteiger partial charge in [-0.2, -0.15) is 0 Å². The molecule has 8 heteroatoms. The lowest BCUT2D eigenvalue weighted by Crippen LogP contribution is -2.37. The lowest BCUT2D eigenvalue weighted by atomic mass is 10.2. The zero-order valence-electron chi connectivity index (χ0n) is 8.91. The van der Waals surface area contributed by atoms with Crippen molar-refractivity contribution in [2.75, 3.05) is 6.54 Å². The number of halogens is 1. The summed E-state index contributed by atoms with van der Waals surface area (Å²) >= 11 is 5.47. The maximum atomic E-state index is 12.0. The van der Waals surface area contributed by atoms with Crippen LogP contribution in [0.1, 0.15) is 10.4 Å². The van der Waals surface area contributed by atoms with Crippen LogP contribution in [-0.2, 0) is 14.8 Å². The second-order valence-corrected chi connectivity index (χ2v) is 6.00. The fourth-order valence-corrected chi connectivity index (χ4v) is 3.44. The normalized spacial score (nSPS) is 18.5. The van der Waals surface area contributed by atoms with Crippen LogP contribution in [0, 0.1) is 0 Å². The van der Waals surface area contributed by atoms with E-state index in [-0.39, 0.29) is 10.5 Å². The lowest BCUT2D eigenvalue weighted by Gasteiger charge is -2.16. The molecule has 2 rings (SSSR count). The highest BCUT2D eigenvalue weighted by Gasteiger charge is 2.42. The van der Waals surface area contributed by atoms with E-state index in [1.54, 1.807) is 0 Å². The van der Waals surface area contributed by atoms with Gasteiger partial charge in [0.05, 0.1) is 12.1 Å². The van der Waals surface area contributed by atoms with Gasteiger partial charge in [-0.3, -0.25) is 9.59 Å². The molecule has 1 atom stereocenters. The fourth-order valence-electron chi connectivity index (χ4n) is 1.64. The average Bonchev–Trinajstić information content (AvgIpc) is 2.51. The number of nitrogens with zero attached hydrogens (tertiary/aromatic N) is 1. The number of fused-ring (bicyclic) bond motifs is 1. The Morgan fingerprint density at radius 1 is 1.39 bits per heavy atom. The molecule has 0 radical (unpaired) electrons. The first-order valence-corrected chi connectivity index (χ1v) is 6.76. The summed E-state index contributed by atoms with van der Waals surface area (Å²) in [5.74, 6) is -2.13. The number of hydrogen-bond donors (Lipinski definition) is 1. The topological polar surface area (TPSA) is 91.8 Å². The summed E-state index contributed by atoms with van der Waals surface area (Å²) < 4.78 is 24.5. The molecule has 0 saturated carbocycles. The van der Waals surface area contributed by atoms with E-state index < -0.39 is 33.8 Å². The zero-order chi connectivity index (χ0) is 13.5. The number of carboxylic acids is 1. The summed E-state index contributed by atoms with van der Waals surface area (Å²) in [5, 5.41) is 7.18. The van der Waals surface area contributed by atoms with E-state index in [0.29, 0.717) is 4.31 Å². The van der Waals surface area contributed by atoms with Crippen molar-refractivity contribution >= 4 is 33.5 Å². The SMILES string of the molecule is O=C(O)C(Cl)CN1C(=O)c2ccccc2S1(=O)=O. The molecule has 1 aromatic carbocycles. The number of benzene rings is 1. The second kappa shape index (κ2) is 4.25. The van der Waals surface area contributed by atoms with Gasteiger partial charge in [-0.25, -0.2) is 12.7 Å². The van der Waals surface area contributed by atoms with Crippen molar-refractivity contribution in [3.05, 3.63) is 29.8 Å². The largest absolute Gasteiger partial charge is 0.480 e. The maximum Gasteiger partial charge on any atom is 0.323 e. The van der Waals surface area contributed by atoms with Gasteiger partial charge in [0.2, 0.25) is 0 Å². The Hall–Kier alpha value is -1.60. The van der Waals surface area contributed by atoms with Crippen LogP contribution in [-0.4, -0.2) is 41.6 Å². The molecule has 1 aliphatic rings. The Kier molecular flexibility index (Phi) is 3.04. The smallest absolute Gasteiger partial charge is 0.323 e. The molecule has 1 unspecified atom stereocenters. The van der Waals surface area contributed by atoms with Gasteiger partial charge in [0.25, 0.3) is 15.9 Å². The molecule has 0 bridgehead atoms. The maximum absolute atomic E-state index is 12.0. The van der Waals surface area contributed by atoms with E-state index in [2.05, 4.69) is 0 Å². The van der Waals surface area contributed by atoms with Crippen LogP contribution < -0.4 is 0 Å².